The Morgan fingerprint density at radius 1 is 0.975 bits per heavy atom. The van der Waals surface area contributed by atoms with E-state index in [0.717, 1.165) is 0 Å². The molecule has 1 fully saturated rings. The number of nitrogens with zero attached hydrogens (tertiary/aromatic N) is 4. The molecule has 1 aromatic heterocycles. The van der Waals surface area contributed by atoms with Crippen molar-refractivity contribution in [2.75, 3.05) is 57.5 Å². The van der Waals surface area contributed by atoms with Crippen molar-refractivity contribution in [2.45, 2.75) is 66.1 Å². The molecule has 15 nitrogen and oxygen atoms in total. The van der Waals surface area contributed by atoms with E-state index in [1.807, 2.05) is 0 Å². The maximum atomic E-state index is 13.5. The lowest BCUT2D eigenvalue weighted by atomic mass is 10.1. The summed E-state index contributed by atoms with van der Waals surface area (Å²) in [5.74, 6) is -3.23. The van der Waals surface area contributed by atoms with Crippen molar-refractivity contribution in [2.24, 2.45) is 0 Å². The molecule has 1 unspecified atom stereocenters. The Labute approximate surface area is 234 Å². The Balaban J connectivity index is 0.000000894. The molecule has 0 aliphatic carbocycles. The van der Waals surface area contributed by atoms with Crippen LogP contribution < -0.4 is 11.4 Å². The fourth-order valence-electron chi connectivity index (χ4n) is 3.54. The van der Waals surface area contributed by atoms with Gasteiger partial charge in [-0.05, 0) is 39.3 Å². The fourth-order valence-corrected chi connectivity index (χ4v) is 6.11. The van der Waals surface area contributed by atoms with Crippen LogP contribution in [0.2, 0.25) is 0 Å². The highest BCUT2D eigenvalue weighted by Gasteiger charge is 2.45. The number of aliphatic hydroxyl groups is 2. The number of anilines is 1. The van der Waals surface area contributed by atoms with Crippen molar-refractivity contribution < 1.29 is 47.7 Å². The molecule has 2 heterocycles. The summed E-state index contributed by atoms with van der Waals surface area (Å²) in [5.41, 5.74) is 4.04. The second-order valence-corrected chi connectivity index (χ2v) is 12.7. The molecular formula is C22H46FN5O10P2. The van der Waals surface area contributed by atoms with Crippen molar-refractivity contribution in [3.8, 4) is 0 Å². The van der Waals surface area contributed by atoms with E-state index in [4.69, 9.17) is 20.3 Å². The zero-order valence-corrected chi connectivity index (χ0v) is 25.7. The number of hydrogen-bond donors (Lipinski definition) is 6. The molecule has 0 radical (unpaired) electrons. The molecule has 0 spiro atoms. The van der Waals surface area contributed by atoms with Gasteiger partial charge in [0, 0.05) is 0 Å². The van der Waals surface area contributed by atoms with Gasteiger partial charge in [0.1, 0.15) is 18.3 Å². The Morgan fingerprint density at radius 2 is 1.43 bits per heavy atom. The van der Waals surface area contributed by atoms with E-state index in [1.165, 1.54) is 39.3 Å². The molecular weight excluding hydrogens is 575 g/mol. The highest BCUT2D eigenvalue weighted by molar-refractivity contribution is 7.70. The molecule has 1 saturated heterocycles. The van der Waals surface area contributed by atoms with Crippen LogP contribution in [0.15, 0.2) is 11.0 Å². The molecule has 0 bridgehead atoms. The van der Waals surface area contributed by atoms with Gasteiger partial charge in [-0.1, -0.05) is 41.5 Å². The van der Waals surface area contributed by atoms with Gasteiger partial charge < -0.3 is 49.7 Å². The molecule has 1 aliphatic heterocycles. The van der Waals surface area contributed by atoms with E-state index >= 15 is 0 Å². The number of halogens is 1. The predicted octanol–water partition coefficient (Wildman–Crippen LogP) is 0.617. The first-order chi connectivity index (χ1) is 18.5. The lowest BCUT2D eigenvalue weighted by molar-refractivity contribution is -0.0527. The summed E-state index contributed by atoms with van der Waals surface area (Å²) >= 11 is 0. The number of nitrogen functional groups attached to an aromatic ring is 1. The highest BCUT2D eigenvalue weighted by Crippen LogP contribution is 2.55. The molecule has 1 aliphatic rings. The first-order valence-corrected chi connectivity index (χ1v) is 16.6. The summed E-state index contributed by atoms with van der Waals surface area (Å²) in [7, 11) is -9.57. The van der Waals surface area contributed by atoms with Crippen molar-refractivity contribution >= 4 is 21.0 Å². The van der Waals surface area contributed by atoms with Gasteiger partial charge in [-0.15, -0.1) is 0 Å². The minimum atomic E-state index is -4.85. The molecule has 5 atom stereocenters. The molecule has 1 aromatic rings. The monoisotopic (exact) mass is 621 g/mol. The standard InChI is InChI=1S/C10H16FN3O10P2.2C6H15N/c11-4-1-14(10(17)13-8(4)12)9-7(16)6(15)5(24-9)2-23-26(21,22)3-25(18,19)20;2*1-4-7(5-2)6-3/h1,5-7,9,15-16H,2-3H2,(H,21,22)(H2,12,13,17)(H2,18,19,20);2*4-6H2,1-3H3/t5-,6-,7-,9-;;/m1../s1. The summed E-state index contributed by atoms with van der Waals surface area (Å²) in [4.78, 5) is 46.4. The van der Waals surface area contributed by atoms with E-state index in [-0.39, 0.29) is 0 Å². The first-order valence-electron chi connectivity index (χ1n) is 13.0. The van der Waals surface area contributed by atoms with Gasteiger partial charge >= 0.3 is 20.9 Å². The minimum Gasteiger partial charge on any atom is -0.387 e. The fraction of sp³-hybridized carbons (Fsp3) is 0.818. The Kier molecular flexibility index (Phi) is 17.7. The van der Waals surface area contributed by atoms with Crippen molar-refractivity contribution in [3.05, 3.63) is 22.5 Å². The van der Waals surface area contributed by atoms with E-state index in [2.05, 4.69) is 60.8 Å². The number of aromatic nitrogens is 2. The molecule has 18 heteroatoms. The van der Waals surface area contributed by atoms with E-state index in [1.54, 1.807) is 0 Å². The molecule has 7 N–H and O–H groups in total. The minimum absolute atomic E-state index is 0.522. The van der Waals surface area contributed by atoms with E-state index in [0.29, 0.717) is 10.8 Å². The van der Waals surface area contributed by atoms with Crippen LogP contribution in [0, 0.1) is 5.82 Å². The first kappa shape index (κ1) is 38.7. The van der Waals surface area contributed by atoms with Crippen LogP contribution >= 0.6 is 15.2 Å². The number of ether oxygens (including phenoxy) is 1. The van der Waals surface area contributed by atoms with Gasteiger partial charge in [0.2, 0.25) is 0 Å². The summed E-state index contributed by atoms with van der Waals surface area (Å²) in [6.45, 7) is 19.4. The molecule has 236 valence electrons. The second-order valence-electron chi connectivity index (χ2n) is 8.69. The topological polar surface area (TPSA) is 221 Å². The highest BCUT2D eigenvalue weighted by atomic mass is 31.2. The van der Waals surface area contributed by atoms with Gasteiger partial charge in [0.05, 0.1) is 12.8 Å². The van der Waals surface area contributed by atoms with Gasteiger partial charge in [-0.2, -0.15) is 4.98 Å². The Hall–Kier alpha value is -1.29. The SMILES string of the molecule is CCN(CC)CC.CCN(CC)CC.Nc1nc(=O)n([C@@H]2O[C@H](COP(=O)(O)CP(=O)(O)O)[C@@H](O)[C@H]2O)cc1F. The smallest absolute Gasteiger partial charge is 0.351 e. The van der Waals surface area contributed by atoms with Crippen LogP contribution in [-0.2, 0) is 18.4 Å². The normalized spacial score (nSPS) is 22.4. The van der Waals surface area contributed by atoms with Crippen LogP contribution in [0.3, 0.4) is 0 Å². The third-order valence-electron chi connectivity index (χ3n) is 6.03. The summed E-state index contributed by atoms with van der Waals surface area (Å²) < 4.78 is 46.0. The van der Waals surface area contributed by atoms with Crippen LogP contribution in [0.4, 0.5) is 10.2 Å². The zero-order valence-electron chi connectivity index (χ0n) is 24.0. The van der Waals surface area contributed by atoms with Crippen molar-refractivity contribution in [1.82, 2.24) is 19.4 Å². The van der Waals surface area contributed by atoms with E-state index < -0.39 is 69.6 Å². The molecule has 0 aromatic carbocycles. The molecule has 0 amide bonds. The predicted molar refractivity (Wildman–Crippen MR) is 148 cm³/mol. The van der Waals surface area contributed by atoms with Crippen LogP contribution in [0.25, 0.3) is 0 Å². The third-order valence-corrected chi connectivity index (χ3v) is 9.49. The van der Waals surface area contributed by atoms with Crippen LogP contribution in [0.5, 0.6) is 0 Å². The van der Waals surface area contributed by atoms with Gasteiger partial charge in [0.25, 0.3) is 0 Å². The molecule has 40 heavy (non-hydrogen) atoms. The van der Waals surface area contributed by atoms with Gasteiger partial charge in [0.15, 0.2) is 23.8 Å². The second kappa shape index (κ2) is 18.3. The number of rotatable bonds is 12. The summed E-state index contributed by atoms with van der Waals surface area (Å²) in [6.07, 6.45) is -5.94. The van der Waals surface area contributed by atoms with E-state index in [9.17, 15) is 33.4 Å². The maximum absolute atomic E-state index is 13.5. The quantitative estimate of drug-likeness (QED) is 0.176. The average molecular weight is 622 g/mol. The molecule has 2 rings (SSSR count). The lowest BCUT2D eigenvalue weighted by Crippen LogP contribution is -2.36. The largest absolute Gasteiger partial charge is 0.387 e. The Morgan fingerprint density at radius 3 is 1.80 bits per heavy atom. The number of nitrogens with two attached hydrogens (primary N) is 1. The van der Waals surface area contributed by atoms with Gasteiger partial charge in [-0.3, -0.25) is 13.7 Å². The zero-order chi connectivity index (χ0) is 31.3. The van der Waals surface area contributed by atoms with Crippen molar-refractivity contribution in [3.63, 3.8) is 0 Å². The summed E-state index contributed by atoms with van der Waals surface area (Å²) in [6, 6.07) is 0. The van der Waals surface area contributed by atoms with Crippen LogP contribution in [-0.4, -0.2) is 114 Å². The average Bonchev–Trinajstić information content (AvgIpc) is 3.15. The third kappa shape index (κ3) is 13.6. The Bertz CT molecular complexity index is 999. The lowest BCUT2D eigenvalue weighted by Gasteiger charge is -2.18. The van der Waals surface area contributed by atoms with Gasteiger partial charge in [-0.25, -0.2) is 9.18 Å². The van der Waals surface area contributed by atoms with Crippen molar-refractivity contribution in [1.29, 1.82) is 0 Å². The maximum Gasteiger partial charge on any atom is 0.351 e. The number of aliphatic hydroxyl groups excluding tert-OH is 2. The summed E-state index contributed by atoms with van der Waals surface area (Å²) in [5, 5.41) is 19.9. The van der Waals surface area contributed by atoms with Crippen LogP contribution in [0.1, 0.15) is 47.8 Å². The molecule has 0 saturated carbocycles. The number of hydrogen-bond acceptors (Lipinski definition) is 11.